The number of aryl methyl sites for hydroxylation is 1. The van der Waals surface area contributed by atoms with Crippen LogP contribution >= 0.6 is 11.3 Å². The van der Waals surface area contributed by atoms with E-state index in [1.807, 2.05) is 23.7 Å². The summed E-state index contributed by atoms with van der Waals surface area (Å²) >= 11 is 1.85. The second kappa shape index (κ2) is 3.14. The molecule has 0 saturated heterocycles. The number of allylic oxidation sites excluding steroid dienone is 1. The van der Waals surface area contributed by atoms with Gasteiger partial charge in [0, 0.05) is 10.4 Å². The zero-order valence-electron chi connectivity index (χ0n) is 7.69. The van der Waals surface area contributed by atoms with Crippen LogP contribution in [0.3, 0.4) is 0 Å². The molecule has 2 heterocycles. The summed E-state index contributed by atoms with van der Waals surface area (Å²) in [5, 5.41) is 2.17. The minimum atomic E-state index is 1.15. The Hall–Kier alpha value is -1.28. The van der Waals surface area contributed by atoms with Crippen molar-refractivity contribution in [2.45, 2.75) is 12.8 Å². The van der Waals surface area contributed by atoms with E-state index in [0.717, 1.165) is 6.42 Å². The molecule has 2 aromatic rings. The average molecular weight is 202 g/mol. The third kappa shape index (κ3) is 1.15. The van der Waals surface area contributed by atoms with Crippen LogP contribution in [0.5, 0.6) is 0 Å². The van der Waals surface area contributed by atoms with Crippen LogP contribution in [-0.2, 0) is 6.42 Å². The molecule has 1 aliphatic carbocycles. The molecule has 2 heteroatoms. The Balaban J connectivity index is 2.14. The van der Waals surface area contributed by atoms with Gasteiger partial charge in [0.1, 0.15) is 0 Å². The van der Waals surface area contributed by atoms with E-state index < -0.39 is 0 Å². The maximum Gasteiger partial charge on any atom is 0.0981 e. The van der Waals surface area contributed by atoms with Crippen LogP contribution in [0.4, 0.5) is 0 Å². The first-order chi connectivity index (χ1) is 6.95. The Morgan fingerprint density at radius 1 is 1.29 bits per heavy atom. The fraction of sp³-hybridized carbons (Fsp3) is 0.167. The van der Waals surface area contributed by atoms with E-state index in [4.69, 9.17) is 4.42 Å². The molecule has 0 aromatic carbocycles. The second-order valence-electron chi connectivity index (χ2n) is 3.43. The Bertz CT molecular complexity index is 462. The molecule has 3 rings (SSSR count). The number of fused-ring (bicyclic) bond motifs is 1. The summed E-state index contributed by atoms with van der Waals surface area (Å²) in [6, 6.07) is 4.23. The fourth-order valence-corrected chi connectivity index (χ4v) is 2.83. The van der Waals surface area contributed by atoms with Gasteiger partial charge in [-0.05, 0) is 41.5 Å². The molecule has 2 aromatic heterocycles. The molecule has 0 saturated carbocycles. The van der Waals surface area contributed by atoms with E-state index in [9.17, 15) is 0 Å². The summed E-state index contributed by atoms with van der Waals surface area (Å²) in [4.78, 5) is 1.50. The van der Waals surface area contributed by atoms with E-state index in [2.05, 4.69) is 17.5 Å². The largest absolute Gasteiger partial charge is 0.472 e. The maximum absolute atomic E-state index is 5.12. The van der Waals surface area contributed by atoms with Gasteiger partial charge in [0.2, 0.25) is 0 Å². The zero-order valence-corrected chi connectivity index (χ0v) is 8.51. The first-order valence-electron chi connectivity index (χ1n) is 4.74. The maximum atomic E-state index is 5.12. The highest BCUT2D eigenvalue weighted by Gasteiger charge is 2.15. The summed E-state index contributed by atoms with van der Waals surface area (Å²) in [6.45, 7) is 0. The second-order valence-corrected chi connectivity index (χ2v) is 4.43. The Morgan fingerprint density at radius 2 is 2.29 bits per heavy atom. The number of rotatable bonds is 1. The molecule has 0 radical (unpaired) electrons. The predicted molar refractivity (Wildman–Crippen MR) is 58.4 cm³/mol. The molecule has 0 amide bonds. The molecule has 1 aliphatic rings. The number of hydrogen-bond donors (Lipinski definition) is 0. The van der Waals surface area contributed by atoms with E-state index in [-0.39, 0.29) is 0 Å². The molecule has 0 spiro atoms. The van der Waals surface area contributed by atoms with Gasteiger partial charge in [-0.3, -0.25) is 0 Å². The molecule has 0 fully saturated rings. The van der Waals surface area contributed by atoms with Gasteiger partial charge < -0.3 is 4.42 Å². The van der Waals surface area contributed by atoms with E-state index in [1.165, 1.54) is 28.0 Å². The van der Waals surface area contributed by atoms with Crippen LogP contribution in [0.25, 0.3) is 5.57 Å². The van der Waals surface area contributed by atoms with Gasteiger partial charge >= 0.3 is 0 Å². The van der Waals surface area contributed by atoms with Crippen molar-refractivity contribution in [2.24, 2.45) is 0 Å². The van der Waals surface area contributed by atoms with Crippen LogP contribution in [0.15, 0.2) is 40.5 Å². The van der Waals surface area contributed by atoms with E-state index in [0.29, 0.717) is 0 Å². The van der Waals surface area contributed by atoms with Crippen molar-refractivity contribution in [3.8, 4) is 0 Å². The van der Waals surface area contributed by atoms with Gasteiger partial charge in [-0.2, -0.15) is 0 Å². The van der Waals surface area contributed by atoms with Crippen molar-refractivity contribution in [2.75, 3.05) is 0 Å². The standard InChI is InChI=1S/C12H10OS/c1-2-10(9-4-6-13-8-9)11-5-7-14-12(11)3-1/h2,4-8H,1,3H2. The van der Waals surface area contributed by atoms with Gasteiger partial charge in [0.05, 0.1) is 12.5 Å². The SMILES string of the molecule is C1=C(c2ccoc2)c2ccsc2CC1. The van der Waals surface area contributed by atoms with E-state index >= 15 is 0 Å². The molecular weight excluding hydrogens is 192 g/mol. The normalized spacial score (nSPS) is 15.0. The minimum absolute atomic E-state index is 1.15. The lowest BCUT2D eigenvalue weighted by Crippen LogP contribution is -1.95. The predicted octanol–water partition coefficient (Wildman–Crippen LogP) is 3.72. The Kier molecular flexibility index (Phi) is 1.81. The summed E-state index contributed by atoms with van der Waals surface area (Å²) in [5.74, 6) is 0. The quantitative estimate of drug-likeness (QED) is 0.687. The van der Waals surface area contributed by atoms with Crippen LogP contribution in [0.2, 0.25) is 0 Å². The molecule has 70 valence electrons. The van der Waals surface area contributed by atoms with Gasteiger partial charge in [-0.15, -0.1) is 11.3 Å². The number of thiophene rings is 1. The van der Waals surface area contributed by atoms with Crippen LogP contribution < -0.4 is 0 Å². The smallest absolute Gasteiger partial charge is 0.0981 e. The average Bonchev–Trinajstić information content (AvgIpc) is 2.88. The lowest BCUT2D eigenvalue weighted by molar-refractivity contribution is 0.566. The van der Waals surface area contributed by atoms with Crippen molar-refractivity contribution in [1.82, 2.24) is 0 Å². The van der Waals surface area contributed by atoms with Crippen molar-refractivity contribution >= 4 is 16.9 Å². The van der Waals surface area contributed by atoms with Gasteiger partial charge in [-0.25, -0.2) is 0 Å². The van der Waals surface area contributed by atoms with Gasteiger partial charge in [-0.1, -0.05) is 6.08 Å². The summed E-state index contributed by atoms with van der Waals surface area (Å²) in [5.41, 5.74) is 3.92. The first-order valence-corrected chi connectivity index (χ1v) is 5.62. The van der Waals surface area contributed by atoms with Crippen molar-refractivity contribution in [1.29, 1.82) is 0 Å². The monoisotopic (exact) mass is 202 g/mol. The van der Waals surface area contributed by atoms with Crippen molar-refractivity contribution in [3.05, 3.63) is 52.1 Å². The molecular formula is C12H10OS. The molecule has 1 nitrogen and oxygen atoms in total. The zero-order chi connectivity index (χ0) is 9.38. The third-order valence-corrected chi connectivity index (χ3v) is 3.57. The van der Waals surface area contributed by atoms with Crippen LogP contribution in [0, 0.1) is 0 Å². The van der Waals surface area contributed by atoms with E-state index in [1.54, 1.807) is 6.26 Å². The fourth-order valence-electron chi connectivity index (χ4n) is 1.92. The molecule has 0 N–H and O–H groups in total. The molecule has 0 atom stereocenters. The summed E-state index contributed by atoms with van der Waals surface area (Å²) < 4.78 is 5.12. The minimum Gasteiger partial charge on any atom is -0.472 e. The summed E-state index contributed by atoms with van der Waals surface area (Å²) in [6.07, 6.45) is 8.19. The molecule has 0 aliphatic heterocycles. The van der Waals surface area contributed by atoms with Crippen LogP contribution in [-0.4, -0.2) is 0 Å². The number of hydrogen-bond acceptors (Lipinski definition) is 2. The molecule has 0 unspecified atom stereocenters. The molecule has 14 heavy (non-hydrogen) atoms. The number of furan rings is 1. The van der Waals surface area contributed by atoms with Crippen molar-refractivity contribution < 1.29 is 4.42 Å². The van der Waals surface area contributed by atoms with Gasteiger partial charge in [0.25, 0.3) is 0 Å². The molecule has 0 bridgehead atoms. The lowest BCUT2D eigenvalue weighted by atomic mass is 9.94. The third-order valence-electron chi connectivity index (χ3n) is 2.59. The summed E-state index contributed by atoms with van der Waals surface area (Å²) in [7, 11) is 0. The highest BCUT2D eigenvalue weighted by Crippen LogP contribution is 2.34. The van der Waals surface area contributed by atoms with Gasteiger partial charge in [0.15, 0.2) is 0 Å². The highest BCUT2D eigenvalue weighted by molar-refractivity contribution is 7.10. The lowest BCUT2D eigenvalue weighted by Gasteiger charge is -2.11. The first kappa shape index (κ1) is 8.06. The van der Waals surface area contributed by atoms with Crippen LogP contribution in [0.1, 0.15) is 22.4 Å². The Labute approximate surface area is 86.7 Å². The topological polar surface area (TPSA) is 13.1 Å². The highest BCUT2D eigenvalue weighted by atomic mass is 32.1. The van der Waals surface area contributed by atoms with Crippen molar-refractivity contribution in [3.63, 3.8) is 0 Å². The Morgan fingerprint density at radius 3 is 3.14 bits per heavy atom.